The van der Waals surface area contributed by atoms with Crippen LogP contribution in [-0.2, 0) is 0 Å². The Kier molecular flexibility index (Phi) is 5.65. The highest BCUT2D eigenvalue weighted by Crippen LogP contribution is 2.32. The van der Waals surface area contributed by atoms with Gasteiger partial charge in [0.2, 0.25) is 17.5 Å². The second-order valence-corrected chi connectivity index (χ2v) is 7.36. The van der Waals surface area contributed by atoms with E-state index in [2.05, 4.69) is 10.3 Å². The molecule has 0 saturated carbocycles. The summed E-state index contributed by atoms with van der Waals surface area (Å²) >= 11 is 0. The molecular weight excluding hydrogens is 398 g/mol. The normalized spacial score (nSPS) is 12.1. The fraction of sp³-hybridized carbons (Fsp3) is 0.167. The topological polar surface area (TPSA) is 65.1 Å². The van der Waals surface area contributed by atoms with Crippen molar-refractivity contribution in [3.63, 3.8) is 0 Å². The van der Waals surface area contributed by atoms with E-state index in [1.54, 1.807) is 19.0 Å². The van der Waals surface area contributed by atoms with Crippen LogP contribution in [0.4, 0.5) is 14.7 Å². The lowest BCUT2D eigenvalue weighted by atomic mass is 10.0. The molecule has 0 aliphatic rings. The molecule has 7 heteroatoms. The molecule has 1 unspecified atom stereocenters. The van der Waals surface area contributed by atoms with E-state index in [1.807, 2.05) is 48.5 Å². The van der Waals surface area contributed by atoms with Crippen molar-refractivity contribution in [1.29, 1.82) is 5.26 Å². The first-order valence-corrected chi connectivity index (χ1v) is 9.72. The predicted molar refractivity (Wildman–Crippen MR) is 115 cm³/mol. The molecule has 3 aromatic carbocycles. The number of aromatic nitrogens is 1. The second kappa shape index (κ2) is 8.54. The van der Waals surface area contributed by atoms with Crippen molar-refractivity contribution >= 4 is 16.7 Å². The molecule has 0 aliphatic carbocycles. The molecular formula is C24H20F2N4O. The van der Waals surface area contributed by atoms with Crippen molar-refractivity contribution in [2.45, 2.75) is 6.04 Å². The van der Waals surface area contributed by atoms with Gasteiger partial charge in [-0.3, -0.25) is 0 Å². The van der Waals surface area contributed by atoms with Crippen molar-refractivity contribution in [3.05, 3.63) is 83.6 Å². The van der Waals surface area contributed by atoms with Gasteiger partial charge in [-0.1, -0.05) is 42.5 Å². The average Bonchev–Trinajstić information content (AvgIpc) is 3.17. The van der Waals surface area contributed by atoms with E-state index in [1.165, 1.54) is 12.1 Å². The highest BCUT2D eigenvalue weighted by Gasteiger charge is 2.21. The third-order valence-electron chi connectivity index (χ3n) is 5.15. The smallest absolute Gasteiger partial charge is 0.232 e. The summed E-state index contributed by atoms with van der Waals surface area (Å²) in [5.41, 5.74) is 1.22. The number of hydrogen-bond donors (Lipinski definition) is 1. The number of nitriles is 1. The molecule has 0 amide bonds. The van der Waals surface area contributed by atoms with Crippen LogP contribution in [-0.4, -0.2) is 30.5 Å². The molecule has 0 aliphatic heterocycles. The Morgan fingerprint density at radius 1 is 1.10 bits per heavy atom. The number of rotatable bonds is 6. The summed E-state index contributed by atoms with van der Waals surface area (Å²) in [5.74, 6) is -0.728. The summed E-state index contributed by atoms with van der Waals surface area (Å²) in [7, 11) is 3.59. The van der Waals surface area contributed by atoms with Crippen LogP contribution in [0.25, 0.3) is 22.2 Å². The van der Waals surface area contributed by atoms with Crippen LogP contribution >= 0.6 is 0 Å². The molecule has 4 aromatic rings. The van der Waals surface area contributed by atoms with Crippen LogP contribution in [0.5, 0.6) is 0 Å². The fourth-order valence-electron chi connectivity index (χ4n) is 3.57. The van der Waals surface area contributed by atoms with Gasteiger partial charge in [0.1, 0.15) is 17.7 Å². The molecule has 1 N–H and O–H groups in total. The third-order valence-corrected chi connectivity index (χ3v) is 5.15. The van der Waals surface area contributed by atoms with E-state index in [0.717, 1.165) is 22.4 Å². The van der Waals surface area contributed by atoms with Crippen LogP contribution in [0.2, 0.25) is 0 Å². The number of benzene rings is 3. The van der Waals surface area contributed by atoms with Gasteiger partial charge >= 0.3 is 0 Å². The predicted octanol–water partition coefficient (Wildman–Crippen LogP) is 5.36. The number of halogens is 2. The monoisotopic (exact) mass is 418 g/mol. The van der Waals surface area contributed by atoms with E-state index < -0.39 is 17.7 Å². The van der Waals surface area contributed by atoms with Gasteiger partial charge in [-0.15, -0.1) is 0 Å². The summed E-state index contributed by atoms with van der Waals surface area (Å²) in [6.45, 7) is 0.231. The summed E-state index contributed by atoms with van der Waals surface area (Å²) in [4.78, 5) is 6.15. The van der Waals surface area contributed by atoms with Gasteiger partial charge in [0.05, 0.1) is 6.04 Å². The van der Waals surface area contributed by atoms with Crippen molar-refractivity contribution < 1.29 is 13.2 Å². The lowest BCUT2D eigenvalue weighted by Crippen LogP contribution is -2.27. The zero-order valence-electron chi connectivity index (χ0n) is 17.1. The maximum atomic E-state index is 14.3. The first-order valence-electron chi connectivity index (χ1n) is 9.72. The van der Waals surface area contributed by atoms with E-state index in [0.29, 0.717) is 11.5 Å². The maximum Gasteiger partial charge on any atom is 0.232 e. The Bertz CT molecular complexity index is 1270. The van der Waals surface area contributed by atoms with E-state index in [-0.39, 0.29) is 18.1 Å². The lowest BCUT2D eigenvalue weighted by Gasteiger charge is -2.25. The third kappa shape index (κ3) is 4.11. The van der Waals surface area contributed by atoms with Crippen LogP contribution in [0.15, 0.2) is 65.1 Å². The Balaban J connectivity index is 1.64. The molecule has 1 atom stereocenters. The van der Waals surface area contributed by atoms with Gasteiger partial charge in [-0.25, -0.2) is 8.78 Å². The number of hydrogen-bond acceptors (Lipinski definition) is 5. The molecule has 0 saturated heterocycles. The molecule has 156 valence electrons. The van der Waals surface area contributed by atoms with Gasteiger partial charge < -0.3 is 14.6 Å². The van der Waals surface area contributed by atoms with Crippen LogP contribution in [0.1, 0.15) is 17.3 Å². The Morgan fingerprint density at radius 2 is 1.87 bits per heavy atom. The summed E-state index contributed by atoms with van der Waals surface area (Å²) in [5, 5.41) is 14.6. The Hall–Kier alpha value is -3.76. The Labute approximate surface area is 178 Å². The molecule has 5 nitrogen and oxygen atoms in total. The largest absolute Gasteiger partial charge is 0.419 e. The van der Waals surface area contributed by atoms with E-state index >= 15 is 0 Å². The summed E-state index contributed by atoms with van der Waals surface area (Å²) in [6, 6.07) is 18.7. The molecule has 0 bridgehead atoms. The molecule has 4 rings (SSSR count). The minimum Gasteiger partial charge on any atom is -0.419 e. The minimum absolute atomic E-state index is 0.111. The first kappa shape index (κ1) is 20.5. The number of fused-ring (bicyclic) bond motifs is 1. The fourth-order valence-corrected chi connectivity index (χ4v) is 3.57. The first-order chi connectivity index (χ1) is 15.0. The van der Waals surface area contributed by atoms with Gasteiger partial charge in [0.15, 0.2) is 0 Å². The van der Waals surface area contributed by atoms with Crippen LogP contribution < -0.4 is 5.32 Å². The van der Waals surface area contributed by atoms with Crippen LogP contribution in [0, 0.1) is 23.0 Å². The SMILES string of the molecule is CN(C)C(CNc1oc(-c2cccc3ccccc23)nc1C#N)c1ccc(F)cc1F. The molecule has 1 heterocycles. The zero-order chi connectivity index (χ0) is 22.0. The quantitative estimate of drug-likeness (QED) is 0.457. The van der Waals surface area contributed by atoms with Crippen LogP contribution in [0.3, 0.4) is 0 Å². The molecule has 1 aromatic heterocycles. The minimum atomic E-state index is -0.631. The highest BCUT2D eigenvalue weighted by molar-refractivity contribution is 5.94. The van der Waals surface area contributed by atoms with Gasteiger partial charge in [-0.05, 0) is 37.0 Å². The lowest BCUT2D eigenvalue weighted by molar-refractivity contribution is 0.302. The van der Waals surface area contributed by atoms with Crippen molar-refractivity contribution in [1.82, 2.24) is 9.88 Å². The van der Waals surface area contributed by atoms with Gasteiger partial charge in [0, 0.05) is 23.7 Å². The van der Waals surface area contributed by atoms with E-state index in [9.17, 15) is 14.0 Å². The van der Waals surface area contributed by atoms with Crippen molar-refractivity contribution in [2.75, 3.05) is 26.0 Å². The zero-order valence-corrected chi connectivity index (χ0v) is 17.1. The van der Waals surface area contributed by atoms with Crippen molar-refractivity contribution in [2.24, 2.45) is 0 Å². The number of likely N-dealkylation sites (N-methyl/N-ethyl adjacent to an activating group) is 1. The van der Waals surface area contributed by atoms with Gasteiger partial charge in [-0.2, -0.15) is 10.2 Å². The number of anilines is 1. The molecule has 0 fully saturated rings. The number of nitrogens with one attached hydrogen (secondary N) is 1. The summed E-state index contributed by atoms with van der Waals surface area (Å²) < 4.78 is 33.5. The standard InChI is InChI=1S/C24H20F2N4O/c1-30(2)22(19-11-10-16(25)12-20(19)26)14-28-24-21(13-27)29-23(31-24)18-9-5-7-15-6-3-4-8-17(15)18/h3-12,22,28H,14H2,1-2H3. The maximum absolute atomic E-state index is 14.3. The second-order valence-electron chi connectivity index (χ2n) is 7.36. The van der Waals surface area contributed by atoms with E-state index in [4.69, 9.17) is 4.42 Å². The Morgan fingerprint density at radius 3 is 2.61 bits per heavy atom. The highest BCUT2D eigenvalue weighted by atomic mass is 19.1. The molecule has 0 spiro atoms. The van der Waals surface area contributed by atoms with Gasteiger partial charge in [0.25, 0.3) is 0 Å². The summed E-state index contributed by atoms with van der Waals surface area (Å²) in [6.07, 6.45) is 0. The van der Waals surface area contributed by atoms with Crippen molar-refractivity contribution in [3.8, 4) is 17.5 Å². The number of oxazole rings is 1. The molecule has 0 radical (unpaired) electrons. The average molecular weight is 418 g/mol. The molecule has 31 heavy (non-hydrogen) atoms. The number of nitrogens with zero attached hydrogens (tertiary/aromatic N) is 3.